The quantitative estimate of drug-likeness (QED) is 0.129. The SMILES string of the molecule is O=C=C/C=C/C#C[N+](=O)[O-]. The smallest absolute Gasteiger partial charge is 0.249 e. The van der Waals surface area contributed by atoms with E-state index in [2.05, 4.69) is 5.92 Å². The van der Waals surface area contributed by atoms with Gasteiger partial charge in [-0.1, -0.05) is 0 Å². The van der Waals surface area contributed by atoms with Crippen LogP contribution in [0.15, 0.2) is 18.2 Å². The zero-order chi connectivity index (χ0) is 7.82. The van der Waals surface area contributed by atoms with Crippen LogP contribution in [0, 0.1) is 22.1 Å². The molecule has 0 heterocycles. The van der Waals surface area contributed by atoms with E-state index in [1.54, 1.807) is 6.04 Å². The minimum Gasteiger partial charge on any atom is -0.249 e. The van der Waals surface area contributed by atoms with Crippen molar-refractivity contribution in [3.8, 4) is 12.0 Å². The van der Waals surface area contributed by atoms with Crippen LogP contribution in [-0.4, -0.2) is 10.9 Å². The normalized spacial score (nSPS) is 7.60. The summed E-state index contributed by atoms with van der Waals surface area (Å²) in [6.45, 7) is 0. The highest BCUT2D eigenvalue weighted by Crippen LogP contribution is 1.68. The molecule has 4 nitrogen and oxygen atoms in total. The van der Waals surface area contributed by atoms with Crippen molar-refractivity contribution in [1.82, 2.24) is 0 Å². The maximum atomic E-state index is 9.54. The molecule has 0 saturated carbocycles. The van der Waals surface area contributed by atoms with Crippen LogP contribution >= 0.6 is 0 Å². The molecule has 0 fully saturated rings. The number of rotatable bonds is 1. The van der Waals surface area contributed by atoms with Gasteiger partial charge in [0, 0.05) is 12.0 Å². The minimum atomic E-state index is -0.769. The lowest BCUT2D eigenvalue weighted by molar-refractivity contribution is -0.379. The van der Waals surface area contributed by atoms with E-state index in [1.165, 1.54) is 18.1 Å². The molecule has 10 heavy (non-hydrogen) atoms. The van der Waals surface area contributed by atoms with Crippen molar-refractivity contribution in [2.24, 2.45) is 0 Å². The Bertz CT molecular complexity index is 250. The molecule has 0 spiro atoms. The molecule has 0 unspecified atom stereocenters. The zero-order valence-electron chi connectivity index (χ0n) is 4.90. The molecule has 0 rings (SSSR count). The van der Waals surface area contributed by atoms with Crippen molar-refractivity contribution in [1.29, 1.82) is 0 Å². The van der Waals surface area contributed by atoms with E-state index < -0.39 is 4.92 Å². The summed E-state index contributed by atoms with van der Waals surface area (Å²) in [6, 6.07) is 1.64. The molecule has 0 atom stereocenters. The molecule has 0 N–H and O–H groups in total. The summed E-state index contributed by atoms with van der Waals surface area (Å²) in [4.78, 5) is 18.3. The fourth-order valence-electron chi connectivity index (χ4n) is 0.225. The van der Waals surface area contributed by atoms with Gasteiger partial charge < -0.3 is 0 Å². The number of allylic oxidation sites excluding steroid dienone is 3. The third-order valence-corrected chi connectivity index (χ3v) is 0.500. The summed E-state index contributed by atoms with van der Waals surface area (Å²) < 4.78 is 0. The molecule has 0 radical (unpaired) electrons. The maximum Gasteiger partial charge on any atom is 0.295 e. The third-order valence-electron chi connectivity index (χ3n) is 0.500. The Morgan fingerprint density at radius 1 is 1.50 bits per heavy atom. The lowest BCUT2D eigenvalue weighted by Gasteiger charge is -1.64. The summed E-state index contributed by atoms with van der Waals surface area (Å²) in [5.74, 6) is 3.54. The van der Waals surface area contributed by atoms with E-state index in [0.717, 1.165) is 6.08 Å². The lowest BCUT2D eigenvalue weighted by atomic mass is 10.5. The average Bonchev–Trinajstić information content (AvgIpc) is 1.87. The largest absolute Gasteiger partial charge is 0.295 e. The minimum absolute atomic E-state index is 0.769. The number of hydrogen-bond acceptors (Lipinski definition) is 3. The van der Waals surface area contributed by atoms with Gasteiger partial charge in [0.1, 0.15) is 10.9 Å². The van der Waals surface area contributed by atoms with Crippen LogP contribution in [0.1, 0.15) is 0 Å². The van der Waals surface area contributed by atoms with Gasteiger partial charge in [0.05, 0.1) is 0 Å². The van der Waals surface area contributed by atoms with Gasteiger partial charge in [-0.3, -0.25) is 0 Å². The molecule has 0 aliphatic rings. The Morgan fingerprint density at radius 2 is 2.20 bits per heavy atom. The van der Waals surface area contributed by atoms with Crippen LogP contribution < -0.4 is 0 Å². The van der Waals surface area contributed by atoms with Gasteiger partial charge in [-0.25, -0.2) is 14.9 Å². The fraction of sp³-hybridized carbons (Fsp3) is 0. The molecule has 0 aliphatic heterocycles. The first-order valence-electron chi connectivity index (χ1n) is 2.29. The van der Waals surface area contributed by atoms with Crippen LogP contribution in [0.5, 0.6) is 0 Å². The Kier molecular flexibility index (Phi) is 4.31. The second kappa shape index (κ2) is 5.29. The molecule has 0 amide bonds. The number of nitro groups is 1. The summed E-state index contributed by atoms with van der Waals surface area (Å²) in [7, 11) is 0. The van der Waals surface area contributed by atoms with Crippen molar-refractivity contribution in [3.63, 3.8) is 0 Å². The fourth-order valence-corrected chi connectivity index (χ4v) is 0.225. The van der Waals surface area contributed by atoms with E-state index in [9.17, 15) is 14.9 Å². The highest BCUT2D eigenvalue weighted by molar-refractivity contribution is 5.49. The monoisotopic (exact) mass is 137 g/mol. The molecule has 0 aromatic heterocycles. The van der Waals surface area contributed by atoms with Crippen molar-refractivity contribution in [3.05, 3.63) is 28.3 Å². The first kappa shape index (κ1) is 8.15. The van der Waals surface area contributed by atoms with Gasteiger partial charge in [0.15, 0.2) is 0 Å². The average molecular weight is 137 g/mol. The summed E-state index contributed by atoms with van der Waals surface area (Å²) >= 11 is 0. The molecular formula is C6H3NO3. The van der Waals surface area contributed by atoms with Gasteiger partial charge in [0.25, 0.3) is 6.04 Å². The predicted octanol–water partition coefficient (Wildman–Crippen LogP) is 0.168. The van der Waals surface area contributed by atoms with Gasteiger partial charge in [-0.15, -0.1) is 0 Å². The summed E-state index contributed by atoms with van der Waals surface area (Å²) in [5, 5.41) is 9.54. The van der Waals surface area contributed by atoms with Gasteiger partial charge in [-0.05, 0) is 12.2 Å². The molecule has 0 bridgehead atoms. The Balaban J connectivity index is 3.87. The molecule has 4 heteroatoms. The molecule has 0 saturated heterocycles. The molecule has 0 aromatic carbocycles. The molecule has 50 valence electrons. The summed E-state index contributed by atoms with van der Waals surface area (Å²) in [6.07, 6.45) is 3.52. The van der Waals surface area contributed by atoms with E-state index in [1.807, 2.05) is 0 Å². The van der Waals surface area contributed by atoms with Crippen LogP contribution in [0.4, 0.5) is 0 Å². The van der Waals surface area contributed by atoms with E-state index >= 15 is 0 Å². The third kappa shape index (κ3) is 6.15. The van der Waals surface area contributed by atoms with Gasteiger partial charge in [-0.2, -0.15) is 0 Å². The molecule has 0 aromatic rings. The highest BCUT2D eigenvalue weighted by atomic mass is 16.6. The topological polar surface area (TPSA) is 60.2 Å². The van der Waals surface area contributed by atoms with Crippen molar-refractivity contribution >= 4 is 5.94 Å². The first-order valence-corrected chi connectivity index (χ1v) is 2.29. The van der Waals surface area contributed by atoms with Gasteiger partial charge in [0.2, 0.25) is 0 Å². The van der Waals surface area contributed by atoms with Crippen molar-refractivity contribution in [2.45, 2.75) is 0 Å². The highest BCUT2D eigenvalue weighted by Gasteiger charge is 1.76. The maximum absolute atomic E-state index is 9.54. The van der Waals surface area contributed by atoms with Crippen molar-refractivity contribution < 1.29 is 9.72 Å². The van der Waals surface area contributed by atoms with E-state index in [4.69, 9.17) is 0 Å². The Hall–Kier alpha value is -1.85. The second-order valence-corrected chi connectivity index (χ2v) is 1.16. The van der Waals surface area contributed by atoms with E-state index in [-0.39, 0.29) is 0 Å². The second-order valence-electron chi connectivity index (χ2n) is 1.16. The Labute approximate surface area is 57.0 Å². The number of hydrogen-bond donors (Lipinski definition) is 0. The van der Waals surface area contributed by atoms with Gasteiger partial charge >= 0.3 is 0 Å². The predicted molar refractivity (Wildman–Crippen MR) is 34.2 cm³/mol. The standard InChI is InChI=1S/C6H3NO3/c8-6-4-2-1-3-5-7(9)10/h1-2,4H/b2-1+. The van der Waals surface area contributed by atoms with Crippen LogP contribution in [-0.2, 0) is 4.79 Å². The number of nitrogens with zero attached hydrogens (tertiary/aromatic N) is 1. The van der Waals surface area contributed by atoms with Crippen molar-refractivity contribution in [2.75, 3.05) is 0 Å². The summed E-state index contributed by atoms with van der Waals surface area (Å²) in [5.41, 5.74) is 0. The Morgan fingerprint density at radius 3 is 2.70 bits per heavy atom. The zero-order valence-corrected chi connectivity index (χ0v) is 4.90. The van der Waals surface area contributed by atoms with E-state index in [0.29, 0.717) is 0 Å². The van der Waals surface area contributed by atoms with Crippen LogP contribution in [0.2, 0.25) is 0 Å². The van der Waals surface area contributed by atoms with Crippen LogP contribution in [0.25, 0.3) is 0 Å². The molecule has 0 aliphatic carbocycles. The lowest BCUT2D eigenvalue weighted by Crippen LogP contribution is -1.81. The molecular weight excluding hydrogens is 134 g/mol. The first-order chi connectivity index (χ1) is 4.77. The van der Waals surface area contributed by atoms with Crippen LogP contribution in [0.3, 0.4) is 0 Å². The number of carbonyl (C=O) groups excluding carboxylic acids is 1.